The topological polar surface area (TPSA) is 122 Å². The number of fused-ring (bicyclic) bond motifs is 1. The third-order valence-corrected chi connectivity index (χ3v) is 9.72. The molecule has 1 fully saturated rings. The molecule has 1 aliphatic heterocycles. The molecular weight excluding hydrogens is 631 g/mol. The Morgan fingerprint density at radius 2 is 1.79 bits per heavy atom. The van der Waals surface area contributed by atoms with E-state index < -0.39 is 39.4 Å². The second-order valence-corrected chi connectivity index (χ2v) is 13.5. The summed E-state index contributed by atoms with van der Waals surface area (Å²) in [6, 6.07) is 11.3. The quantitative estimate of drug-likeness (QED) is 0.346. The summed E-state index contributed by atoms with van der Waals surface area (Å²) in [7, 11) is -4.28. The van der Waals surface area contributed by atoms with Crippen LogP contribution in [0.4, 0.5) is 11.6 Å². The number of halogens is 3. The van der Waals surface area contributed by atoms with E-state index in [2.05, 4.69) is 25.6 Å². The molecule has 3 aromatic rings. The molecule has 0 spiro atoms. The van der Waals surface area contributed by atoms with Gasteiger partial charge >= 0.3 is 5.97 Å². The first kappa shape index (κ1) is 28.1. The number of carbonyl (C=O) groups excluding carboxylic acids is 1. The van der Waals surface area contributed by atoms with Gasteiger partial charge in [-0.05, 0) is 55.7 Å². The minimum Gasteiger partial charge on any atom is -0.481 e. The fraction of sp³-hybridized carbons (Fsp3) is 0.346. The van der Waals surface area contributed by atoms with Crippen molar-refractivity contribution >= 4 is 72.7 Å². The molecule has 2 aliphatic rings. The van der Waals surface area contributed by atoms with Gasteiger partial charge in [0.2, 0.25) is 5.95 Å². The Labute approximate surface area is 244 Å². The summed E-state index contributed by atoms with van der Waals surface area (Å²) in [6.45, 7) is 1.66. The maximum absolute atomic E-state index is 14.1. The van der Waals surface area contributed by atoms with E-state index in [0.717, 1.165) is 10.0 Å². The molecule has 0 radical (unpaired) electrons. The largest absolute Gasteiger partial charge is 0.481 e. The number of rotatable bonds is 7. The van der Waals surface area contributed by atoms with Crippen LogP contribution in [0, 0.1) is 5.92 Å². The monoisotopic (exact) mass is 654 g/mol. The van der Waals surface area contributed by atoms with Gasteiger partial charge in [0.15, 0.2) is 5.03 Å². The number of carboxylic acid groups (broad SMARTS) is 1. The lowest BCUT2D eigenvalue weighted by molar-refractivity contribution is -0.143. The van der Waals surface area contributed by atoms with Crippen molar-refractivity contribution in [2.24, 2.45) is 5.92 Å². The van der Waals surface area contributed by atoms with E-state index in [1.54, 1.807) is 19.1 Å². The maximum Gasteiger partial charge on any atom is 0.308 e. The number of hydrogen-bond donors (Lipinski definition) is 2. The van der Waals surface area contributed by atoms with E-state index in [1.165, 1.54) is 21.7 Å². The van der Waals surface area contributed by atoms with Gasteiger partial charge < -0.3 is 5.11 Å². The molecule has 1 aromatic heterocycles. The van der Waals surface area contributed by atoms with Crippen molar-refractivity contribution in [2.45, 2.75) is 55.6 Å². The molecule has 0 saturated heterocycles. The lowest BCUT2D eigenvalue weighted by atomic mass is 9.85. The number of anilines is 2. The van der Waals surface area contributed by atoms with Crippen LogP contribution in [-0.4, -0.2) is 41.0 Å². The van der Waals surface area contributed by atoms with E-state index in [-0.39, 0.29) is 17.4 Å². The zero-order chi connectivity index (χ0) is 28.1. The Morgan fingerprint density at radius 1 is 1.15 bits per heavy atom. The predicted octanol–water partition coefficient (Wildman–Crippen LogP) is 5.51. The first-order valence-corrected chi connectivity index (χ1v) is 15.3. The number of imidazole rings is 1. The average molecular weight is 656 g/mol. The van der Waals surface area contributed by atoms with Crippen molar-refractivity contribution in [1.82, 2.24) is 14.3 Å². The van der Waals surface area contributed by atoms with Gasteiger partial charge in [-0.3, -0.25) is 14.2 Å². The number of nitrogens with one attached hydrogen (secondary N) is 1. The summed E-state index contributed by atoms with van der Waals surface area (Å²) in [5.41, 5.74) is -0.245. The number of aliphatic carboxylic acids is 1. The number of sulfonamides is 1. The van der Waals surface area contributed by atoms with Crippen LogP contribution < -0.4 is 9.62 Å². The fourth-order valence-corrected chi connectivity index (χ4v) is 7.74. The van der Waals surface area contributed by atoms with E-state index in [9.17, 15) is 23.1 Å². The highest BCUT2D eigenvalue weighted by Crippen LogP contribution is 2.44. The van der Waals surface area contributed by atoms with Crippen molar-refractivity contribution in [3.8, 4) is 0 Å². The molecule has 9 nitrogen and oxygen atoms in total. The zero-order valence-corrected chi connectivity index (χ0v) is 24.7. The molecule has 1 aliphatic carbocycles. The third kappa shape index (κ3) is 5.22. The highest BCUT2D eigenvalue weighted by Gasteiger charge is 2.52. The molecule has 3 atom stereocenters. The van der Waals surface area contributed by atoms with E-state index in [0.29, 0.717) is 41.4 Å². The van der Waals surface area contributed by atoms with Gasteiger partial charge in [0, 0.05) is 27.0 Å². The second kappa shape index (κ2) is 10.5. The Morgan fingerprint density at radius 3 is 2.44 bits per heavy atom. The van der Waals surface area contributed by atoms with Crippen LogP contribution in [0.2, 0.25) is 10.0 Å². The molecule has 2 N–H and O–H groups in total. The zero-order valence-electron chi connectivity index (χ0n) is 20.8. The number of carbonyl (C=O) groups is 2. The molecule has 1 amide bonds. The number of carboxylic acids is 1. The number of amides is 1. The van der Waals surface area contributed by atoms with Crippen molar-refractivity contribution in [3.63, 3.8) is 0 Å². The number of nitrogens with zero attached hydrogens (tertiary/aromatic N) is 3. The first-order valence-electron chi connectivity index (χ1n) is 12.3. The molecule has 206 valence electrons. The summed E-state index contributed by atoms with van der Waals surface area (Å²) >= 11 is 15.9. The smallest absolute Gasteiger partial charge is 0.308 e. The van der Waals surface area contributed by atoms with Gasteiger partial charge in [-0.25, -0.2) is 23.0 Å². The number of hydrogen-bond acceptors (Lipinski definition) is 5. The molecule has 2 aromatic carbocycles. The molecule has 0 bridgehead atoms. The molecule has 5 rings (SSSR count). The van der Waals surface area contributed by atoms with Gasteiger partial charge in [-0.15, -0.1) is 0 Å². The van der Waals surface area contributed by atoms with Gasteiger partial charge in [0.25, 0.3) is 15.9 Å². The second-order valence-electron chi connectivity index (χ2n) is 10.0. The molecule has 1 unspecified atom stereocenters. The maximum atomic E-state index is 14.1. The summed E-state index contributed by atoms with van der Waals surface area (Å²) in [5, 5.41) is 10.0. The van der Waals surface area contributed by atoms with Crippen molar-refractivity contribution in [3.05, 3.63) is 68.7 Å². The van der Waals surface area contributed by atoms with Crippen molar-refractivity contribution in [2.75, 3.05) is 4.90 Å². The lowest BCUT2D eigenvalue weighted by Gasteiger charge is -2.30. The summed E-state index contributed by atoms with van der Waals surface area (Å²) in [4.78, 5) is 31.6. The van der Waals surface area contributed by atoms with Crippen LogP contribution in [-0.2, 0) is 31.6 Å². The van der Waals surface area contributed by atoms with Gasteiger partial charge in [-0.2, -0.15) is 0 Å². The Hall–Kier alpha value is -2.44. The number of aromatic nitrogens is 2. The van der Waals surface area contributed by atoms with Crippen LogP contribution in [0.15, 0.2) is 58.2 Å². The van der Waals surface area contributed by atoms with Crippen LogP contribution in [0.25, 0.3) is 0 Å². The Bertz CT molecular complexity index is 1540. The van der Waals surface area contributed by atoms with Gasteiger partial charge in [0.05, 0.1) is 17.8 Å². The van der Waals surface area contributed by atoms with E-state index in [4.69, 9.17) is 23.2 Å². The minimum absolute atomic E-state index is 0.0942. The standard InChI is InChI=1S/C26H25BrCl2N4O5S/c1-26(13-15-6-8-16(27)9-7-15)24(36)32(19-11-17(28)10-18(29)12-19)25-30-14-22(33(25)26)39(37,38)31-21-5-3-2-4-20(21)23(34)35/h6-12,14,20-21,31H,2-5,13H2,1H3,(H,34,35)/t20-,21?,26+/m0/s1. The van der Waals surface area contributed by atoms with Crippen molar-refractivity contribution in [1.29, 1.82) is 0 Å². The lowest BCUT2D eigenvalue weighted by Crippen LogP contribution is -2.47. The van der Waals surface area contributed by atoms with E-state index in [1.807, 2.05) is 24.3 Å². The van der Waals surface area contributed by atoms with Crippen LogP contribution in [0.3, 0.4) is 0 Å². The normalized spacial score (nSPS) is 23.2. The number of benzene rings is 2. The average Bonchev–Trinajstić information content (AvgIpc) is 3.39. The van der Waals surface area contributed by atoms with Crippen molar-refractivity contribution < 1.29 is 23.1 Å². The molecule has 1 saturated carbocycles. The molecule has 13 heteroatoms. The van der Waals surface area contributed by atoms with Crippen LogP contribution in [0.1, 0.15) is 38.2 Å². The minimum atomic E-state index is -4.28. The molecule has 39 heavy (non-hydrogen) atoms. The molecule has 2 heterocycles. The first-order chi connectivity index (χ1) is 18.4. The van der Waals surface area contributed by atoms with E-state index >= 15 is 0 Å². The Kier molecular flexibility index (Phi) is 7.58. The third-order valence-electron chi connectivity index (χ3n) is 7.30. The van der Waals surface area contributed by atoms with Gasteiger partial charge in [-0.1, -0.05) is 64.1 Å². The fourth-order valence-electron chi connectivity index (χ4n) is 5.45. The predicted molar refractivity (Wildman–Crippen MR) is 151 cm³/mol. The summed E-state index contributed by atoms with van der Waals surface area (Å²) < 4.78 is 32.5. The highest BCUT2D eigenvalue weighted by atomic mass is 79.9. The molecular formula is C26H25BrCl2N4O5S. The van der Waals surface area contributed by atoms with Crippen LogP contribution >= 0.6 is 39.1 Å². The van der Waals surface area contributed by atoms with Gasteiger partial charge in [0.1, 0.15) is 5.54 Å². The Balaban J connectivity index is 1.63. The summed E-state index contributed by atoms with van der Waals surface area (Å²) in [6.07, 6.45) is 3.58. The summed E-state index contributed by atoms with van der Waals surface area (Å²) in [5.74, 6) is -2.20. The van der Waals surface area contributed by atoms with Crippen LogP contribution in [0.5, 0.6) is 0 Å². The SMILES string of the molecule is C[C@@]1(Cc2ccc(Br)cc2)C(=O)N(c2cc(Cl)cc(Cl)c2)c2ncc(S(=O)(=O)NC3CCCC[C@@H]3C(=O)O)n21. The highest BCUT2D eigenvalue weighted by molar-refractivity contribution is 9.10.